The molecular formula is C9H15F3N2O2. The molecule has 16 heavy (non-hydrogen) atoms. The fourth-order valence-corrected chi connectivity index (χ4v) is 0.802. The molecule has 0 aliphatic rings. The van der Waals surface area contributed by atoms with Crippen molar-refractivity contribution in [3.05, 3.63) is 0 Å². The molecule has 0 bridgehead atoms. The van der Waals surface area contributed by atoms with Crippen LogP contribution in [0.2, 0.25) is 0 Å². The van der Waals surface area contributed by atoms with E-state index in [2.05, 4.69) is 5.32 Å². The van der Waals surface area contributed by atoms with Gasteiger partial charge in [0.2, 0.25) is 5.91 Å². The van der Waals surface area contributed by atoms with Crippen LogP contribution < -0.4 is 10.6 Å². The number of nitrogens with one attached hydrogen (secondary N) is 2. The van der Waals surface area contributed by atoms with Crippen LogP contribution in [0, 0.1) is 5.92 Å². The number of rotatable bonds is 4. The highest BCUT2D eigenvalue weighted by atomic mass is 19.4. The minimum atomic E-state index is -4.97. The molecule has 7 heteroatoms. The first kappa shape index (κ1) is 14.7. The van der Waals surface area contributed by atoms with Crippen LogP contribution in [0.15, 0.2) is 0 Å². The predicted molar refractivity (Wildman–Crippen MR) is 51.5 cm³/mol. The Morgan fingerprint density at radius 2 is 1.69 bits per heavy atom. The van der Waals surface area contributed by atoms with Crippen LogP contribution >= 0.6 is 0 Å². The maximum absolute atomic E-state index is 11.8. The second-order valence-corrected chi connectivity index (χ2v) is 3.83. The lowest BCUT2D eigenvalue weighted by atomic mass is 10.2. The number of carbonyl (C=O) groups is 2. The molecule has 0 rings (SSSR count). The Kier molecular flexibility index (Phi) is 5.26. The molecule has 0 saturated heterocycles. The lowest BCUT2D eigenvalue weighted by Gasteiger charge is -2.15. The zero-order valence-electron chi connectivity index (χ0n) is 9.31. The molecule has 0 aromatic heterocycles. The number of hydrogen-bond donors (Lipinski definition) is 2. The Morgan fingerprint density at radius 3 is 2.06 bits per heavy atom. The third kappa shape index (κ3) is 5.57. The lowest BCUT2D eigenvalue weighted by Crippen LogP contribution is -2.49. The molecule has 0 aliphatic heterocycles. The van der Waals surface area contributed by atoms with Crippen molar-refractivity contribution in [1.29, 1.82) is 0 Å². The molecule has 0 spiro atoms. The van der Waals surface area contributed by atoms with Crippen LogP contribution in [0.5, 0.6) is 0 Å². The third-order valence-corrected chi connectivity index (χ3v) is 1.68. The van der Waals surface area contributed by atoms with Gasteiger partial charge in [0.1, 0.15) is 6.04 Å². The predicted octanol–water partition coefficient (Wildman–Crippen LogP) is 0.826. The number of hydrogen-bond acceptors (Lipinski definition) is 2. The second kappa shape index (κ2) is 5.72. The first-order valence-electron chi connectivity index (χ1n) is 4.80. The fourth-order valence-electron chi connectivity index (χ4n) is 0.802. The van der Waals surface area contributed by atoms with E-state index in [4.69, 9.17) is 0 Å². The van der Waals surface area contributed by atoms with Crippen LogP contribution in [0.3, 0.4) is 0 Å². The van der Waals surface area contributed by atoms with E-state index < -0.39 is 24.0 Å². The normalized spacial score (nSPS) is 13.4. The summed E-state index contributed by atoms with van der Waals surface area (Å²) in [5.41, 5.74) is 0. The molecule has 1 atom stereocenters. The molecule has 0 aliphatic carbocycles. The second-order valence-electron chi connectivity index (χ2n) is 3.83. The van der Waals surface area contributed by atoms with Gasteiger partial charge in [-0.1, -0.05) is 13.8 Å². The van der Waals surface area contributed by atoms with Crippen LogP contribution in [0.1, 0.15) is 20.8 Å². The minimum absolute atomic E-state index is 0.189. The van der Waals surface area contributed by atoms with Gasteiger partial charge in [-0.25, -0.2) is 0 Å². The maximum atomic E-state index is 11.8. The molecule has 2 N–H and O–H groups in total. The highest BCUT2D eigenvalue weighted by Gasteiger charge is 2.39. The van der Waals surface area contributed by atoms with Gasteiger partial charge in [0, 0.05) is 6.54 Å². The van der Waals surface area contributed by atoms with Crippen LogP contribution in [-0.2, 0) is 9.59 Å². The molecule has 4 nitrogen and oxygen atoms in total. The Hall–Kier alpha value is -1.27. The summed E-state index contributed by atoms with van der Waals surface area (Å²) in [6, 6.07) is -1.20. The summed E-state index contributed by atoms with van der Waals surface area (Å²) >= 11 is 0. The molecule has 0 saturated carbocycles. The summed E-state index contributed by atoms with van der Waals surface area (Å²) in [5, 5.41) is 3.99. The largest absolute Gasteiger partial charge is 0.471 e. The van der Waals surface area contributed by atoms with Gasteiger partial charge in [-0.2, -0.15) is 13.2 Å². The summed E-state index contributed by atoms with van der Waals surface area (Å²) in [7, 11) is 0. The topological polar surface area (TPSA) is 58.2 Å². The van der Waals surface area contributed by atoms with Gasteiger partial charge in [0.15, 0.2) is 0 Å². The van der Waals surface area contributed by atoms with Gasteiger partial charge in [-0.05, 0) is 12.8 Å². The maximum Gasteiger partial charge on any atom is 0.471 e. The van der Waals surface area contributed by atoms with E-state index in [9.17, 15) is 22.8 Å². The van der Waals surface area contributed by atoms with Crippen LogP contribution in [0.25, 0.3) is 0 Å². The highest BCUT2D eigenvalue weighted by molar-refractivity contribution is 5.89. The van der Waals surface area contributed by atoms with E-state index in [-0.39, 0.29) is 5.92 Å². The average molecular weight is 240 g/mol. The number of amides is 2. The van der Waals surface area contributed by atoms with Crippen molar-refractivity contribution in [2.75, 3.05) is 6.54 Å². The molecule has 1 unspecified atom stereocenters. The Morgan fingerprint density at radius 1 is 1.19 bits per heavy atom. The molecule has 0 aromatic carbocycles. The lowest BCUT2D eigenvalue weighted by molar-refractivity contribution is -0.174. The zero-order chi connectivity index (χ0) is 12.9. The summed E-state index contributed by atoms with van der Waals surface area (Å²) in [5.74, 6) is -2.56. The van der Waals surface area contributed by atoms with Crippen molar-refractivity contribution < 1.29 is 22.8 Å². The van der Waals surface area contributed by atoms with E-state index in [1.807, 2.05) is 13.8 Å². The van der Waals surface area contributed by atoms with E-state index in [1.54, 1.807) is 5.32 Å². The van der Waals surface area contributed by atoms with Crippen molar-refractivity contribution in [2.24, 2.45) is 5.92 Å². The van der Waals surface area contributed by atoms with E-state index in [0.29, 0.717) is 6.54 Å². The smallest absolute Gasteiger partial charge is 0.354 e. The molecule has 0 aromatic rings. The van der Waals surface area contributed by atoms with Crippen molar-refractivity contribution in [3.8, 4) is 0 Å². The molecule has 0 radical (unpaired) electrons. The minimum Gasteiger partial charge on any atom is -0.354 e. The van der Waals surface area contributed by atoms with E-state index in [1.165, 1.54) is 6.92 Å². The summed E-state index contributed by atoms with van der Waals surface area (Å²) in [6.07, 6.45) is -4.97. The first-order chi connectivity index (χ1) is 7.14. The SMILES string of the molecule is CC(C)CNC(=O)C(C)NC(=O)C(F)(F)F. The summed E-state index contributed by atoms with van der Waals surface area (Å²) in [4.78, 5) is 21.7. The first-order valence-corrected chi connectivity index (χ1v) is 4.80. The van der Waals surface area contributed by atoms with Gasteiger partial charge in [0.25, 0.3) is 0 Å². The fraction of sp³-hybridized carbons (Fsp3) is 0.778. The van der Waals surface area contributed by atoms with Crippen molar-refractivity contribution >= 4 is 11.8 Å². The van der Waals surface area contributed by atoms with Gasteiger partial charge < -0.3 is 10.6 Å². The molecule has 2 amide bonds. The Labute approximate surface area is 91.6 Å². The average Bonchev–Trinajstić information content (AvgIpc) is 2.12. The summed E-state index contributed by atoms with van der Waals surface area (Å²) < 4.78 is 35.5. The Balaban J connectivity index is 4.11. The van der Waals surface area contributed by atoms with Gasteiger partial charge in [0.05, 0.1) is 0 Å². The van der Waals surface area contributed by atoms with E-state index >= 15 is 0 Å². The monoisotopic (exact) mass is 240 g/mol. The van der Waals surface area contributed by atoms with Gasteiger partial charge in [-0.3, -0.25) is 9.59 Å². The highest BCUT2D eigenvalue weighted by Crippen LogP contribution is 2.14. The van der Waals surface area contributed by atoms with Crippen LogP contribution in [0.4, 0.5) is 13.2 Å². The zero-order valence-corrected chi connectivity index (χ0v) is 9.31. The molecule has 0 heterocycles. The number of alkyl halides is 3. The van der Waals surface area contributed by atoms with Crippen molar-refractivity contribution in [3.63, 3.8) is 0 Å². The third-order valence-electron chi connectivity index (χ3n) is 1.68. The van der Waals surface area contributed by atoms with Crippen molar-refractivity contribution in [2.45, 2.75) is 33.0 Å². The molecular weight excluding hydrogens is 225 g/mol. The quantitative estimate of drug-likeness (QED) is 0.764. The van der Waals surface area contributed by atoms with Crippen LogP contribution in [-0.4, -0.2) is 30.6 Å². The van der Waals surface area contributed by atoms with Crippen molar-refractivity contribution in [1.82, 2.24) is 10.6 Å². The van der Waals surface area contributed by atoms with Gasteiger partial charge in [-0.15, -0.1) is 0 Å². The summed E-state index contributed by atoms with van der Waals surface area (Å²) in [6.45, 7) is 5.24. The number of carbonyl (C=O) groups excluding carboxylic acids is 2. The van der Waals surface area contributed by atoms with E-state index in [0.717, 1.165) is 0 Å². The Bertz CT molecular complexity index is 264. The standard InChI is InChI=1S/C9H15F3N2O2/c1-5(2)4-13-7(15)6(3)14-8(16)9(10,11)12/h5-6H,4H2,1-3H3,(H,13,15)(H,14,16). The number of halogens is 3. The molecule has 0 fully saturated rings. The van der Waals surface area contributed by atoms with Gasteiger partial charge >= 0.3 is 12.1 Å². The molecule has 94 valence electrons.